The van der Waals surface area contributed by atoms with Gasteiger partial charge in [0, 0.05) is 6.42 Å². The monoisotopic (exact) mass is 600 g/mol. The summed E-state index contributed by atoms with van der Waals surface area (Å²) in [5.74, 6) is -0.500. The normalized spacial score (nSPS) is 32.1. The molecule has 2 fully saturated rings. The van der Waals surface area contributed by atoms with E-state index in [1.165, 1.54) is 0 Å². The number of aryl methyl sites for hydroxylation is 1. The highest BCUT2D eigenvalue weighted by Gasteiger charge is 2.48. The summed E-state index contributed by atoms with van der Waals surface area (Å²) in [5.41, 5.74) is -0.835. The lowest BCUT2D eigenvalue weighted by Crippen LogP contribution is -2.65. The minimum atomic E-state index is -2.35. The van der Waals surface area contributed by atoms with Crippen molar-refractivity contribution < 1.29 is 42.5 Å². The van der Waals surface area contributed by atoms with Gasteiger partial charge in [-0.3, -0.25) is 9.69 Å². The zero-order chi connectivity index (χ0) is 28.9. The summed E-state index contributed by atoms with van der Waals surface area (Å²) >= 11 is 7.59. The molecule has 1 aromatic heterocycles. The Morgan fingerprint density at radius 2 is 1.90 bits per heavy atom. The Bertz CT molecular complexity index is 980. The number of nitrogens with one attached hydrogen (secondary N) is 1. The van der Waals surface area contributed by atoms with Crippen LogP contribution in [0.25, 0.3) is 0 Å². The minimum Gasteiger partial charge on any atom is -0.396 e. The number of halogens is 3. The smallest absolute Gasteiger partial charge is 0.396 e. The molecule has 224 valence electrons. The summed E-state index contributed by atoms with van der Waals surface area (Å²) in [6, 6.07) is -1.60. The second-order valence-corrected chi connectivity index (χ2v) is 12.0. The molecule has 2 aliphatic rings. The first kappa shape index (κ1) is 32.3. The van der Waals surface area contributed by atoms with Gasteiger partial charge in [0.15, 0.2) is 5.76 Å². The molecule has 39 heavy (non-hydrogen) atoms. The maximum Gasteiger partial charge on any atom is 0.519 e. The molecule has 10 nitrogen and oxygen atoms in total. The van der Waals surface area contributed by atoms with Gasteiger partial charge >= 0.3 is 5.82 Å². The average Bonchev–Trinajstić information content (AvgIpc) is 3.06. The summed E-state index contributed by atoms with van der Waals surface area (Å²) < 4.78 is 41.3. The molecular formula is C25H39ClF2N2O8S. The molecule has 0 aromatic carbocycles. The third-order valence-corrected chi connectivity index (χ3v) is 8.76. The Kier molecular flexibility index (Phi) is 12.1. The van der Waals surface area contributed by atoms with Gasteiger partial charge in [-0.1, -0.05) is 6.42 Å². The van der Waals surface area contributed by atoms with Crippen molar-refractivity contribution >= 4 is 29.3 Å². The van der Waals surface area contributed by atoms with E-state index in [2.05, 4.69) is 5.32 Å². The zero-order valence-corrected chi connectivity index (χ0v) is 23.9. The van der Waals surface area contributed by atoms with E-state index in [-0.39, 0.29) is 18.9 Å². The van der Waals surface area contributed by atoms with E-state index in [1.807, 2.05) is 4.90 Å². The van der Waals surface area contributed by atoms with E-state index in [4.69, 9.17) is 25.2 Å². The van der Waals surface area contributed by atoms with Gasteiger partial charge in [0.1, 0.15) is 35.6 Å². The lowest BCUT2D eigenvalue weighted by atomic mass is 9.92. The van der Waals surface area contributed by atoms with E-state index in [0.717, 1.165) is 11.8 Å². The van der Waals surface area contributed by atoms with E-state index in [1.54, 1.807) is 20.1 Å². The molecule has 0 spiro atoms. The van der Waals surface area contributed by atoms with E-state index < -0.39 is 65.5 Å². The molecule has 2 saturated heterocycles. The van der Waals surface area contributed by atoms with Crippen LogP contribution in [0.4, 0.5) is 8.78 Å². The van der Waals surface area contributed by atoms with Crippen LogP contribution in [0.1, 0.15) is 57.0 Å². The maximum absolute atomic E-state index is 13.7. The number of carbonyl (C=O) groups is 1. The van der Waals surface area contributed by atoms with Crippen LogP contribution in [0, 0.1) is 12.8 Å². The molecule has 2 aliphatic heterocycles. The van der Waals surface area contributed by atoms with Gasteiger partial charge in [-0.05, 0) is 58.2 Å². The molecule has 0 aliphatic carbocycles. The number of alkyl halides is 3. The molecule has 3 rings (SSSR count). The first-order valence-corrected chi connectivity index (χ1v) is 14.9. The molecule has 1 aromatic rings. The number of nitrogens with zero attached hydrogens (tertiary/aromatic N) is 1. The summed E-state index contributed by atoms with van der Waals surface area (Å²) in [6.07, 6.45) is -3.50. The molecule has 4 N–H and O–H groups in total. The van der Waals surface area contributed by atoms with Crippen molar-refractivity contribution in [2.75, 3.05) is 12.8 Å². The van der Waals surface area contributed by atoms with Crippen LogP contribution in [-0.2, 0) is 16.1 Å². The molecule has 9 unspecified atom stereocenters. The Hall–Kier alpha value is -1.22. The van der Waals surface area contributed by atoms with Gasteiger partial charge in [-0.15, -0.1) is 23.4 Å². The molecule has 14 heteroatoms. The van der Waals surface area contributed by atoms with Gasteiger partial charge in [-0.25, -0.2) is 13.6 Å². The van der Waals surface area contributed by atoms with Crippen LogP contribution >= 0.6 is 23.4 Å². The van der Waals surface area contributed by atoms with Crippen molar-refractivity contribution in [1.29, 1.82) is 0 Å². The van der Waals surface area contributed by atoms with Gasteiger partial charge in [0.2, 0.25) is 12.3 Å². The van der Waals surface area contributed by atoms with Crippen molar-refractivity contribution in [3.63, 3.8) is 0 Å². The number of carbonyl (C=O) groups excluding carboxylic acids is 1. The van der Waals surface area contributed by atoms with Crippen molar-refractivity contribution in [3.8, 4) is 0 Å². The molecule has 0 radical (unpaired) electrons. The van der Waals surface area contributed by atoms with Crippen molar-refractivity contribution in [3.05, 3.63) is 22.1 Å². The Morgan fingerprint density at radius 3 is 2.49 bits per heavy atom. The van der Waals surface area contributed by atoms with Crippen molar-refractivity contribution in [2.45, 2.75) is 113 Å². The van der Waals surface area contributed by atoms with Crippen molar-refractivity contribution in [1.82, 2.24) is 10.2 Å². The highest BCUT2D eigenvalue weighted by Crippen LogP contribution is 2.32. The second kappa shape index (κ2) is 14.6. The number of rotatable bonds is 11. The van der Waals surface area contributed by atoms with Crippen LogP contribution in [0.2, 0.25) is 0 Å². The van der Waals surface area contributed by atoms with Gasteiger partial charge in [-0.2, -0.15) is 0 Å². The summed E-state index contributed by atoms with van der Waals surface area (Å²) in [4.78, 5) is 27.2. The first-order chi connectivity index (χ1) is 18.4. The quantitative estimate of drug-likeness (QED) is 0.279. The standard InChI is InChI=1S/C25H39ClF2N2O8S/c1-12(26)18(22-20(32)19(31)21(33)24(38-22)39-3)29-23(34)15-8-7-14(5-4-6-17(27)28)9-10-30(15)11-16-13(2)36-25(35)37-16/h12,14-15,17-22,24,31-33H,4-11H2,1-3H3,(H,29,34). The van der Waals surface area contributed by atoms with E-state index in [9.17, 15) is 33.7 Å². The topological polar surface area (TPSA) is 146 Å². The van der Waals surface area contributed by atoms with Crippen LogP contribution in [0.15, 0.2) is 13.6 Å². The molecule has 1 amide bonds. The third kappa shape index (κ3) is 8.40. The van der Waals surface area contributed by atoms with Crippen molar-refractivity contribution in [2.24, 2.45) is 5.92 Å². The lowest BCUT2D eigenvalue weighted by molar-refractivity contribution is -0.205. The predicted octanol–water partition coefficient (Wildman–Crippen LogP) is 2.23. The predicted molar refractivity (Wildman–Crippen MR) is 141 cm³/mol. The Labute approximate surface area is 235 Å². The van der Waals surface area contributed by atoms with Crippen LogP contribution < -0.4 is 11.1 Å². The lowest BCUT2D eigenvalue weighted by Gasteiger charge is -2.44. The SMILES string of the molecule is CSC1OC(C(NC(=O)C2CCC(CCCC(F)F)CCN2Cc2oc(=O)oc2C)C(C)Cl)C(O)C(O)C1O. The fraction of sp³-hybridized carbons (Fsp3) is 0.840. The number of likely N-dealkylation sites (tertiary alicyclic amines) is 1. The number of amides is 1. The fourth-order valence-electron chi connectivity index (χ4n) is 5.35. The largest absolute Gasteiger partial charge is 0.519 e. The Morgan fingerprint density at radius 1 is 1.18 bits per heavy atom. The summed E-state index contributed by atoms with van der Waals surface area (Å²) in [5, 5.41) is 33.5. The van der Waals surface area contributed by atoms with Crippen LogP contribution in [0.3, 0.4) is 0 Å². The number of hydrogen-bond acceptors (Lipinski definition) is 10. The second-order valence-electron chi connectivity index (χ2n) is 10.4. The highest BCUT2D eigenvalue weighted by atomic mass is 35.5. The zero-order valence-electron chi connectivity index (χ0n) is 22.3. The molecule has 9 atom stereocenters. The van der Waals surface area contributed by atoms with Gasteiger partial charge in [0.25, 0.3) is 0 Å². The molecular weight excluding hydrogens is 562 g/mol. The minimum absolute atomic E-state index is 0.127. The number of aliphatic hydroxyl groups is 3. The Balaban J connectivity index is 1.79. The highest BCUT2D eigenvalue weighted by molar-refractivity contribution is 7.99. The first-order valence-electron chi connectivity index (χ1n) is 13.2. The van der Waals surface area contributed by atoms with Gasteiger partial charge < -0.3 is 34.2 Å². The average molecular weight is 601 g/mol. The van der Waals surface area contributed by atoms with Gasteiger partial charge in [0.05, 0.1) is 24.0 Å². The van der Waals surface area contributed by atoms with Crippen LogP contribution in [-0.4, -0.2) is 92.7 Å². The summed E-state index contributed by atoms with van der Waals surface area (Å²) in [7, 11) is 0. The van der Waals surface area contributed by atoms with E-state index >= 15 is 0 Å². The fourth-order valence-corrected chi connectivity index (χ4v) is 6.23. The number of thioether (sulfide) groups is 1. The number of aliphatic hydroxyl groups excluding tert-OH is 3. The summed E-state index contributed by atoms with van der Waals surface area (Å²) in [6.45, 7) is 3.80. The third-order valence-electron chi connectivity index (χ3n) is 7.63. The number of ether oxygens (including phenoxy) is 1. The molecule has 3 heterocycles. The number of hydrogen-bond donors (Lipinski definition) is 4. The van der Waals surface area contributed by atoms with E-state index in [0.29, 0.717) is 50.2 Å². The molecule has 0 bridgehead atoms. The molecule has 0 saturated carbocycles. The maximum atomic E-state index is 13.7. The van der Waals surface area contributed by atoms with Crippen LogP contribution in [0.5, 0.6) is 0 Å².